The minimum atomic E-state index is -0.162. The van der Waals surface area contributed by atoms with E-state index in [-0.39, 0.29) is 24.1 Å². The van der Waals surface area contributed by atoms with Gasteiger partial charge in [-0.2, -0.15) is 0 Å². The first-order valence-electron chi connectivity index (χ1n) is 8.30. The second-order valence-corrected chi connectivity index (χ2v) is 6.63. The van der Waals surface area contributed by atoms with Crippen molar-refractivity contribution >= 4 is 16.8 Å². The van der Waals surface area contributed by atoms with Crippen molar-refractivity contribution in [2.45, 2.75) is 52.1 Å². The van der Waals surface area contributed by atoms with E-state index in [1.807, 2.05) is 25.1 Å². The maximum atomic E-state index is 12.5. The first-order chi connectivity index (χ1) is 11.0. The van der Waals surface area contributed by atoms with Crippen LogP contribution in [0.4, 0.5) is 0 Å². The maximum absolute atomic E-state index is 12.5. The van der Waals surface area contributed by atoms with E-state index in [9.17, 15) is 9.59 Å². The zero-order valence-corrected chi connectivity index (χ0v) is 13.7. The van der Waals surface area contributed by atoms with Crippen LogP contribution in [0.5, 0.6) is 0 Å². The van der Waals surface area contributed by atoms with E-state index < -0.39 is 0 Å². The molecule has 0 saturated heterocycles. The van der Waals surface area contributed by atoms with Crippen LogP contribution in [0.25, 0.3) is 10.9 Å². The third-order valence-corrected chi connectivity index (χ3v) is 4.75. The van der Waals surface area contributed by atoms with Crippen molar-refractivity contribution in [3.05, 3.63) is 40.4 Å². The molecule has 1 amide bonds. The Morgan fingerprint density at radius 1 is 1.35 bits per heavy atom. The van der Waals surface area contributed by atoms with E-state index in [0.29, 0.717) is 16.8 Å². The fourth-order valence-electron chi connectivity index (χ4n) is 3.32. The molecule has 2 atom stereocenters. The number of aryl methyl sites for hydroxylation is 1. The highest BCUT2D eigenvalue weighted by Crippen LogP contribution is 2.23. The number of amides is 1. The lowest BCUT2D eigenvalue weighted by atomic mass is 9.86. The normalized spacial score (nSPS) is 21.3. The largest absolute Gasteiger partial charge is 0.352 e. The van der Waals surface area contributed by atoms with Crippen molar-refractivity contribution < 1.29 is 4.79 Å². The van der Waals surface area contributed by atoms with Gasteiger partial charge in [-0.05, 0) is 37.8 Å². The molecule has 1 aromatic heterocycles. The Hall–Kier alpha value is -2.17. The number of benzene rings is 1. The molecule has 0 spiro atoms. The molecule has 0 unspecified atom stereocenters. The van der Waals surface area contributed by atoms with Crippen LogP contribution < -0.4 is 10.9 Å². The SMILES string of the molecule is Cc1ccc2ncn(CC(=O)N[C@@H]3CCCC[C@@H]3C)c(=O)c2c1. The first kappa shape index (κ1) is 15.7. The molecule has 0 radical (unpaired) electrons. The third-order valence-electron chi connectivity index (χ3n) is 4.75. The number of aromatic nitrogens is 2. The van der Waals surface area contributed by atoms with Gasteiger partial charge in [0.25, 0.3) is 5.56 Å². The van der Waals surface area contributed by atoms with E-state index in [2.05, 4.69) is 17.2 Å². The van der Waals surface area contributed by atoms with E-state index in [0.717, 1.165) is 24.8 Å². The monoisotopic (exact) mass is 313 g/mol. The molecule has 0 bridgehead atoms. The van der Waals surface area contributed by atoms with E-state index in [4.69, 9.17) is 0 Å². The molecular weight excluding hydrogens is 290 g/mol. The molecule has 3 rings (SSSR count). The predicted molar refractivity (Wildman–Crippen MR) is 90.3 cm³/mol. The summed E-state index contributed by atoms with van der Waals surface area (Å²) in [5.74, 6) is 0.390. The van der Waals surface area contributed by atoms with Crippen LogP contribution >= 0.6 is 0 Å². The van der Waals surface area contributed by atoms with Crippen LogP contribution in [-0.2, 0) is 11.3 Å². The molecule has 1 aliphatic carbocycles. The Labute approximate surface area is 135 Å². The lowest BCUT2D eigenvalue weighted by Crippen LogP contribution is -2.43. The van der Waals surface area contributed by atoms with Crippen molar-refractivity contribution in [2.75, 3.05) is 0 Å². The molecular formula is C18H23N3O2. The van der Waals surface area contributed by atoms with Crippen LogP contribution in [0.3, 0.4) is 0 Å². The summed E-state index contributed by atoms with van der Waals surface area (Å²) in [4.78, 5) is 29.1. The highest BCUT2D eigenvalue weighted by Gasteiger charge is 2.22. The molecule has 0 aliphatic heterocycles. The number of hydrogen-bond acceptors (Lipinski definition) is 3. The lowest BCUT2D eigenvalue weighted by Gasteiger charge is -2.29. The van der Waals surface area contributed by atoms with E-state index in [1.54, 1.807) is 0 Å². The Morgan fingerprint density at radius 3 is 2.91 bits per heavy atom. The highest BCUT2D eigenvalue weighted by atomic mass is 16.2. The second-order valence-electron chi connectivity index (χ2n) is 6.63. The number of nitrogens with one attached hydrogen (secondary N) is 1. The van der Waals surface area contributed by atoms with Gasteiger partial charge in [0.1, 0.15) is 6.54 Å². The van der Waals surface area contributed by atoms with Crippen molar-refractivity contribution in [2.24, 2.45) is 5.92 Å². The molecule has 1 fully saturated rings. The summed E-state index contributed by atoms with van der Waals surface area (Å²) in [5, 5.41) is 3.64. The lowest BCUT2D eigenvalue weighted by molar-refractivity contribution is -0.123. The second kappa shape index (κ2) is 6.52. The quantitative estimate of drug-likeness (QED) is 0.946. The van der Waals surface area contributed by atoms with Crippen molar-refractivity contribution in [3.63, 3.8) is 0 Å². The number of carbonyl (C=O) groups is 1. The zero-order chi connectivity index (χ0) is 16.4. The summed E-state index contributed by atoms with van der Waals surface area (Å²) in [6.07, 6.45) is 6.04. The van der Waals surface area contributed by atoms with Gasteiger partial charge in [0, 0.05) is 6.04 Å². The molecule has 1 N–H and O–H groups in total. The van der Waals surface area contributed by atoms with Gasteiger partial charge in [-0.15, -0.1) is 0 Å². The standard InChI is InChI=1S/C18H23N3O2/c1-12-7-8-16-14(9-12)18(23)21(11-19-16)10-17(22)20-15-6-4-3-5-13(15)2/h7-9,11,13,15H,3-6,10H2,1-2H3,(H,20,22)/t13-,15+/m0/s1. The number of fused-ring (bicyclic) bond motifs is 1. The predicted octanol–water partition coefficient (Wildman–Crippen LogP) is 2.40. The fourth-order valence-corrected chi connectivity index (χ4v) is 3.32. The Balaban J connectivity index is 1.77. The molecule has 2 aromatic rings. The summed E-state index contributed by atoms with van der Waals surface area (Å²) < 4.78 is 1.39. The van der Waals surface area contributed by atoms with Crippen LogP contribution in [0, 0.1) is 12.8 Å². The van der Waals surface area contributed by atoms with Gasteiger partial charge in [0.05, 0.1) is 17.2 Å². The maximum Gasteiger partial charge on any atom is 0.261 e. The van der Waals surface area contributed by atoms with Crippen molar-refractivity contribution in [1.82, 2.24) is 14.9 Å². The average Bonchev–Trinajstić information content (AvgIpc) is 2.53. The van der Waals surface area contributed by atoms with Crippen molar-refractivity contribution in [1.29, 1.82) is 0 Å². The molecule has 1 aliphatic rings. The van der Waals surface area contributed by atoms with Gasteiger partial charge in [-0.3, -0.25) is 14.2 Å². The summed E-state index contributed by atoms with van der Waals surface area (Å²) in [5.41, 5.74) is 1.51. The Kier molecular flexibility index (Phi) is 4.46. The average molecular weight is 313 g/mol. The summed E-state index contributed by atoms with van der Waals surface area (Å²) in [7, 11) is 0. The minimum Gasteiger partial charge on any atom is -0.352 e. The van der Waals surface area contributed by atoms with Crippen LogP contribution in [0.15, 0.2) is 29.3 Å². The number of nitrogens with zero attached hydrogens (tertiary/aromatic N) is 2. The topological polar surface area (TPSA) is 64.0 Å². The van der Waals surface area contributed by atoms with Gasteiger partial charge in [0.15, 0.2) is 0 Å². The molecule has 23 heavy (non-hydrogen) atoms. The summed E-state index contributed by atoms with van der Waals surface area (Å²) in [6.45, 7) is 4.14. The summed E-state index contributed by atoms with van der Waals surface area (Å²) in [6, 6.07) is 5.81. The smallest absolute Gasteiger partial charge is 0.261 e. The van der Waals surface area contributed by atoms with Gasteiger partial charge in [0.2, 0.25) is 5.91 Å². The molecule has 1 heterocycles. The third kappa shape index (κ3) is 3.44. The van der Waals surface area contributed by atoms with E-state index in [1.165, 1.54) is 17.3 Å². The van der Waals surface area contributed by atoms with Crippen LogP contribution in [0.1, 0.15) is 38.2 Å². The van der Waals surface area contributed by atoms with E-state index >= 15 is 0 Å². The number of rotatable bonds is 3. The zero-order valence-electron chi connectivity index (χ0n) is 13.7. The molecule has 1 saturated carbocycles. The van der Waals surface area contributed by atoms with Crippen LogP contribution in [0.2, 0.25) is 0 Å². The number of carbonyl (C=O) groups excluding carboxylic acids is 1. The van der Waals surface area contributed by atoms with Crippen molar-refractivity contribution in [3.8, 4) is 0 Å². The minimum absolute atomic E-state index is 0.0267. The van der Waals surface area contributed by atoms with Gasteiger partial charge < -0.3 is 5.32 Å². The summed E-state index contributed by atoms with van der Waals surface area (Å²) >= 11 is 0. The van der Waals surface area contributed by atoms with Gasteiger partial charge in [-0.1, -0.05) is 31.4 Å². The van der Waals surface area contributed by atoms with Crippen LogP contribution in [-0.4, -0.2) is 21.5 Å². The highest BCUT2D eigenvalue weighted by molar-refractivity contribution is 5.79. The number of hydrogen-bond donors (Lipinski definition) is 1. The first-order valence-corrected chi connectivity index (χ1v) is 8.30. The molecule has 5 heteroatoms. The van der Waals surface area contributed by atoms with Gasteiger partial charge >= 0.3 is 0 Å². The fraction of sp³-hybridized carbons (Fsp3) is 0.500. The Bertz CT molecular complexity index is 781. The van der Waals surface area contributed by atoms with Gasteiger partial charge in [-0.25, -0.2) is 4.98 Å². The molecule has 122 valence electrons. The Morgan fingerprint density at radius 2 is 2.13 bits per heavy atom. The molecule has 1 aromatic carbocycles. The molecule has 5 nitrogen and oxygen atoms in total.